The van der Waals surface area contributed by atoms with Crippen LogP contribution in [0.15, 0.2) is 72.8 Å². The summed E-state index contributed by atoms with van der Waals surface area (Å²) in [6.45, 7) is 9.12. The Kier molecular flexibility index (Phi) is 8.30. The molecule has 1 saturated carbocycles. The maximum Gasteiger partial charge on any atom is 0.254 e. The van der Waals surface area contributed by atoms with E-state index in [0.29, 0.717) is 18.2 Å². The van der Waals surface area contributed by atoms with Crippen molar-refractivity contribution in [2.24, 2.45) is 5.92 Å². The van der Waals surface area contributed by atoms with E-state index in [1.807, 2.05) is 48.2 Å². The lowest BCUT2D eigenvalue weighted by Gasteiger charge is -2.41. The van der Waals surface area contributed by atoms with Crippen molar-refractivity contribution in [3.8, 4) is 0 Å². The quantitative estimate of drug-likeness (QED) is 0.336. The van der Waals surface area contributed by atoms with Crippen molar-refractivity contribution < 1.29 is 9.59 Å². The number of benzene rings is 3. The third kappa shape index (κ3) is 6.24. The lowest BCUT2D eigenvalue weighted by molar-refractivity contribution is -0.123. The molecule has 2 atom stereocenters. The van der Waals surface area contributed by atoms with E-state index < -0.39 is 0 Å². The number of piperidine rings is 1. The van der Waals surface area contributed by atoms with Crippen LogP contribution in [0.2, 0.25) is 0 Å². The summed E-state index contributed by atoms with van der Waals surface area (Å²) in [6.07, 6.45) is 6.50. The first-order chi connectivity index (χ1) is 19.2. The lowest BCUT2D eigenvalue weighted by Crippen LogP contribution is -2.46. The molecule has 2 amide bonds. The number of nitrogens with one attached hydrogen (secondary N) is 2. The molecular weight excluding hydrogens is 494 g/mol. The molecule has 1 aliphatic carbocycles. The summed E-state index contributed by atoms with van der Waals surface area (Å²) < 4.78 is 0. The monoisotopic (exact) mass is 537 g/mol. The summed E-state index contributed by atoms with van der Waals surface area (Å²) >= 11 is 0. The van der Waals surface area contributed by atoms with Gasteiger partial charge in [0.2, 0.25) is 5.91 Å². The maximum absolute atomic E-state index is 14.0. The van der Waals surface area contributed by atoms with E-state index in [-0.39, 0.29) is 29.2 Å². The SMILES string of the molecule is Cc1ccccc1C(=O)N1CCC[C@H](C(=O)Nc2cccc(C(C)(C)C)c2)[C@@H]1c1ccc(NC2CCCC2)cc1. The van der Waals surface area contributed by atoms with Crippen LogP contribution in [0.1, 0.15) is 92.4 Å². The molecule has 5 rings (SSSR count). The third-order valence-electron chi connectivity index (χ3n) is 8.58. The van der Waals surface area contributed by atoms with Crippen LogP contribution in [0.3, 0.4) is 0 Å². The molecule has 0 bridgehead atoms. The number of amides is 2. The minimum absolute atomic E-state index is 0.0107. The molecule has 3 aromatic carbocycles. The summed E-state index contributed by atoms with van der Waals surface area (Å²) in [7, 11) is 0. The lowest BCUT2D eigenvalue weighted by atomic mass is 9.83. The molecule has 5 heteroatoms. The Labute approximate surface area is 239 Å². The number of hydrogen-bond donors (Lipinski definition) is 2. The molecule has 2 N–H and O–H groups in total. The van der Waals surface area contributed by atoms with Crippen LogP contribution < -0.4 is 10.6 Å². The Balaban J connectivity index is 1.45. The fourth-order valence-corrected chi connectivity index (χ4v) is 6.26. The van der Waals surface area contributed by atoms with Crippen LogP contribution in [0.25, 0.3) is 0 Å². The summed E-state index contributed by atoms with van der Waals surface area (Å²) in [6, 6.07) is 24.5. The van der Waals surface area contributed by atoms with Gasteiger partial charge in [-0.3, -0.25) is 9.59 Å². The summed E-state index contributed by atoms with van der Waals surface area (Å²) in [5.74, 6) is -0.399. The van der Waals surface area contributed by atoms with E-state index in [9.17, 15) is 9.59 Å². The number of anilines is 2. The van der Waals surface area contributed by atoms with Gasteiger partial charge in [0, 0.05) is 29.5 Å². The van der Waals surface area contributed by atoms with Gasteiger partial charge in [0.05, 0.1) is 12.0 Å². The molecule has 40 heavy (non-hydrogen) atoms. The van der Waals surface area contributed by atoms with Crippen molar-refractivity contribution in [1.82, 2.24) is 4.90 Å². The number of hydrogen-bond acceptors (Lipinski definition) is 3. The van der Waals surface area contributed by atoms with Crippen LogP contribution in [0.5, 0.6) is 0 Å². The van der Waals surface area contributed by atoms with Crippen molar-refractivity contribution in [3.05, 3.63) is 95.1 Å². The Morgan fingerprint density at radius 3 is 2.25 bits per heavy atom. The van der Waals surface area contributed by atoms with Crippen LogP contribution in [0.4, 0.5) is 11.4 Å². The number of rotatable bonds is 6. The number of likely N-dealkylation sites (tertiary alicyclic amines) is 1. The van der Waals surface area contributed by atoms with E-state index in [4.69, 9.17) is 0 Å². The van der Waals surface area contributed by atoms with Crippen molar-refractivity contribution in [2.45, 2.75) is 83.7 Å². The molecule has 2 fully saturated rings. The third-order valence-corrected chi connectivity index (χ3v) is 8.58. The molecule has 0 radical (unpaired) electrons. The zero-order chi connectivity index (χ0) is 28.3. The van der Waals surface area contributed by atoms with Crippen molar-refractivity contribution in [2.75, 3.05) is 17.2 Å². The molecule has 2 aliphatic rings. The molecule has 1 saturated heterocycles. The van der Waals surface area contributed by atoms with Crippen LogP contribution >= 0.6 is 0 Å². The molecule has 210 valence electrons. The first-order valence-corrected chi connectivity index (χ1v) is 14.9. The van der Waals surface area contributed by atoms with Crippen LogP contribution in [0, 0.1) is 12.8 Å². The van der Waals surface area contributed by atoms with Crippen LogP contribution in [-0.4, -0.2) is 29.3 Å². The smallest absolute Gasteiger partial charge is 0.254 e. The first-order valence-electron chi connectivity index (χ1n) is 14.9. The van der Waals surface area contributed by atoms with Gasteiger partial charge in [-0.05, 0) is 85.0 Å². The molecule has 0 aromatic heterocycles. The zero-order valence-corrected chi connectivity index (χ0v) is 24.4. The topological polar surface area (TPSA) is 61.4 Å². The number of carbonyl (C=O) groups is 2. The van der Waals surface area contributed by atoms with E-state index in [1.54, 1.807) is 0 Å². The van der Waals surface area contributed by atoms with Gasteiger partial charge < -0.3 is 15.5 Å². The summed E-state index contributed by atoms with van der Waals surface area (Å²) in [5.41, 5.74) is 5.71. The average molecular weight is 538 g/mol. The fraction of sp³-hybridized carbons (Fsp3) is 0.429. The summed E-state index contributed by atoms with van der Waals surface area (Å²) in [4.78, 5) is 29.8. The van der Waals surface area contributed by atoms with E-state index in [0.717, 1.165) is 35.3 Å². The van der Waals surface area contributed by atoms with Crippen molar-refractivity contribution >= 4 is 23.2 Å². The summed E-state index contributed by atoms with van der Waals surface area (Å²) in [5, 5.41) is 6.87. The minimum Gasteiger partial charge on any atom is -0.382 e. The highest BCUT2D eigenvalue weighted by molar-refractivity contribution is 5.98. The Hall–Kier alpha value is -3.60. The van der Waals surface area contributed by atoms with E-state index in [2.05, 4.69) is 67.8 Å². The predicted molar refractivity (Wildman–Crippen MR) is 164 cm³/mol. The molecule has 0 unspecified atom stereocenters. The average Bonchev–Trinajstić information content (AvgIpc) is 3.46. The molecule has 3 aromatic rings. The highest BCUT2D eigenvalue weighted by Gasteiger charge is 2.40. The highest BCUT2D eigenvalue weighted by atomic mass is 16.2. The minimum atomic E-state index is -0.353. The van der Waals surface area contributed by atoms with Crippen molar-refractivity contribution in [3.63, 3.8) is 0 Å². The Bertz CT molecular complexity index is 1340. The second-order valence-corrected chi connectivity index (χ2v) is 12.6. The zero-order valence-electron chi connectivity index (χ0n) is 24.4. The molecule has 1 aliphatic heterocycles. The van der Waals surface area contributed by atoms with Gasteiger partial charge in [0.1, 0.15) is 0 Å². The van der Waals surface area contributed by atoms with Gasteiger partial charge in [0.25, 0.3) is 5.91 Å². The van der Waals surface area contributed by atoms with Gasteiger partial charge in [-0.2, -0.15) is 0 Å². The maximum atomic E-state index is 14.0. The second kappa shape index (κ2) is 11.9. The largest absolute Gasteiger partial charge is 0.382 e. The van der Waals surface area contributed by atoms with Gasteiger partial charge in [-0.1, -0.05) is 76.1 Å². The van der Waals surface area contributed by atoms with Gasteiger partial charge in [-0.25, -0.2) is 0 Å². The molecule has 5 nitrogen and oxygen atoms in total. The Morgan fingerprint density at radius 1 is 0.825 bits per heavy atom. The van der Waals surface area contributed by atoms with Gasteiger partial charge in [0.15, 0.2) is 0 Å². The van der Waals surface area contributed by atoms with Gasteiger partial charge >= 0.3 is 0 Å². The molecule has 1 heterocycles. The highest BCUT2D eigenvalue weighted by Crippen LogP contribution is 2.39. The predicted octanol–water partition coefficient (Wildman–Crippen LogP) is 7.88. The fourth-order valence-electron chi connectivity index (χ4n) is 6.26. The number of carbonyl (C=O) groups excluding carboxylic acids is 2. The van der Waals surface area contributed by atoms with Crippen molar-refractivity contribution in [1.29, 1.82) is 0 Å². The second-order valence-electron chi connectivity index (χ2n) is 12.6. The van der Waals surface area contributed by atoms with Gasteiger partial charge in [-0.15, -0.1) is 0 Å². The van der Waals surface area contributed by atoms with E-state index >= 15 is 0 Å². The Morgan fingerprint density at radius 2 is 1.55 bits per heavy atom. The molecule has 0 spiro atoms. The van der Waals surface area contributed by atoms with E-state index in [1.165, 1.54) is 31.2 Å². The molecular formula is C35H43N3O2. The standard InChI is InChI=1S/C35H43N3O2/c1-24-11-5-8-16-30(24)34(40)38-22-10-17-31(33(39)37-29-15-9-12-26(23-29)35(2,3)4)32(38)25-18-20-28(21-19-25)36-27-13-6-7-14-27/h5,8-9,11-12,15-16,18-21,23,27,31-32,36H,6-7,10,13-14,17,22H2,1-4H3,(H,37,39)/t31-,32-/m0/s1. The first kappa shape index (κ1) is 27.9. The number of aryl methyl sites for hydroxylation is 1. The van der Waals surface area contributed by atoms with Crippen LogP contribution in [-0.2, 0) is 10.2 Å². The number of nitrogens with zero attached hydrogens (tertiary/aromatic N) is 1. The normalized spacial score (nSPS) is 19.9.